The topological polar surface area (TPSA) is 66.8 Å². The zero-order valence-corrected chi connectivity index (χ0v) is 20.0. The minimum Gasteiger partial charge on any atom is -0.443 e. The van der Waals surface area contributed by atoms with Crippen molar-refractivity contribution in [2.24, 2.45) is 5.92 Å². The number of rotatable bonds is 6. The Labute approximate surface area is 176 Å². The third kappa shape index (κ3) is 6.16. The molecule has 1 aliphatic rings. The van der Waals surface area contributed by atoms with Gasteiger partial charge in [0.2, 0.25) is 5.91 Å². The average Bonchev–Trinajstić information content (AvgIpc) is 2.86. The van der Waals surface area contributed by atoms with Gasteiger partial charge in [0.25, 0.3) is 0 Å². The average molecular weight is 420 g/mol. The summed E-state index contributed by atoms with van der Waals surface area (Å²) in [7, 11) is -2.38. The first-order valence-electron chi connectivity index (χ1n) is 10.5. The molecule has 2 atom stereocenters. The van der Waals surface area contributed by atoms with Gasteiger partial charge in [-0.15, -0.1) is 0 Å². The summed E-state index contributed by atoms with van der Waals surface area (Å²) in [4.78, 5) is 37.7. The number of likely N-dealkylation sites (tertiary alicyclic amines) is 1. The van der Waals surface area contributed by atoms with Crippen molar-refractivity contribution >= 4 is 20.3 Å². The number of amides is 2. The number of hydrogen-bond donors (Lipinski definition) is 1. The molecule has 2 amide bonds. The molecule has 0 bridgehead atoms. The number of nitrogens with zero attached hydrogens (tertiary/aromatic N) is 1. The summed E-state index contributed by atoms with van der Waals surface area (Å²) in [6.07, 6.45) is 1.97. The summed E-state index contributed by atoms with van der Waals surface area (Å²) in [6, 6.07) is 9.88. The fourth-order valence-electron chi connectivity index (χ4n) is 3.71. The predicted octanol–water partition coefficient (Wildman–Crippen LogP) is 5.14. The Hall–Kier alpha value is -1.66. The van der Waals surface area contributed by atoms with Gasteiger partial charge >= 0.3 is 6.09 Å². The zero-order valence-electron chi connectivity index (χ0n) is 19.0. The van der Waals surface area contributed by atoms with Gasteiger partial charge in [-0.1, -0.05) is 44.2 Å². The van der Waals surface area contributed by atoms with Crippen LogP contribution < -0.4 is 0 Å². The summed E-state index contributed by atoms with van der Waals surface area (Å²) in [5.74, 6) is -0.111. The highest BCUT2D eigenvalue weighted by atomic mass is 28.4. The van der Waals surface area contributed by atoms with Crippen LogP contribution in [0.15, 0.2) is 30.3 Å². The van der Waals surface area contributed by atoms with Gasteiger partial charge in [0.15, 0.2) is 8.32 Å². The molecule has 6 heteroatoms. The Bertz CT molecular complexity index is 719. The van der Waals surface area contributed by atoms with E-state index in [-0.39, 0.29) is 22.9 Å². The number of carbonyl (C=O) groups excluding carboxylic acids is 2. The number of imide groups is 1. The van der Waals surface area contributed by atoms with E-state index in [0.717, 1.165) is 18.4 Å². The van der Waals surface area contributed by atoms with E-state index in [2.05, 4.69) is 26.0 Å². The molecule has 2 rings (SSSR count). The van der Waals surface area contributed by atoms with E-state index in [1.165, 1.54) is 4.90 Å². The van der Waals surface area contributed by atoms with Crippen LogP contribution in [0.25, 0.3) is 0 Å². The van der Waals surface area contributed by atoms with Gasteiger partial charge in [-0.2, -0.15) is 0 Å². The molecule has 0 unspecified atom stereocenters. The molecule has 162 valence electrons. The van der Waals surface area contributed by atoms with E-state index in [1.54, 1.807) is 0 Å². The SMILES string of the molecule is CC(C)(C)OC(=O)N1C(=O)C[C@H](Cc2ccccc2)[C@H]1CCC(C)(C)[Si](C)(C)O. The summed E-state index contributed by atoms with van der Waals surface area (Å²) in [5.41, 5.74) is 0.510. The molecule has 1 aromatic rings. The second kappa shape index (κ2) is 8.60. The van der Waals surface area contributed by atoms with Gasteiger partial charge in [-0.25, -0.2) is 9.69 Å². The number of benzene rings is 1. The lowest BCUT2D eigenvalue weighted by molar-refractivity contribution is -0.128. The predicted molar refractivity (Wildman–Crippen MR) is 118 cm³/mol. The number of ether oxygens (including phenoxy) is 1. The Morgan fingerprint density at radius 1 is 1.17 bits per heavy atom. The minimum atomic E-state index is -2.38. The van der Waals surface area contributed by atoms with Crippen LogP contribution >= 0.6 is 0 Å². The highest BCUT2D eigenvalue weighted by Crippen LogP contribution is 2.43. The molecular weight excluding hydrogens is 382 g/mol. The van der Waals surface area contributed by atoms with Gasteiger partial charge in [0, 0.05) is 12.5 Å². The van der Waals surface area contributed by atoms with Crippen molar-refractivity contribution in [3.8, 4) is 0 Å². The third-order valence-electron chi connectivity index (χ3n) is 6.23. The molecule has 1 N–H and O–H groups in total. The van der Waals surface area contributed by atoms with Crippen LogP contribution in [0.3, 0.4) is 0 Å². The molecule has 0 saturated carbocycles. The molecule has 0 radical (unpaired) electrons. The minimum absolute atomic E-state index is 0.0525. The molecule has 0 aromatic heterocycles. The smallest absolute Gasteiger partial charge is 0.417 e. The fraction of sp³-hybridized carbons (Fsp3) is 0.652. The molecule has 0 aliphatic carbocycles. The largest absolute Gasteiger partial charge is 0.443 e. The molecule has 1 heterocycles. The second-order valence-corrected chi connectivity index (χ2v) is 14.9. The van der Waals surface area contributed by atoms with Gasteiger partial charge in [-0.05, 0) is 69.6 Å². The molecule has 0 spiro atoms. The van der Waals surface area contributed by atoms with Crippen molar-refractivity contribution in [3.05, 3.63) is 35.9 Å². The number of hydrogen-bond acceptors (Lipinski definition) is 4. The van der Waals surface area contributed by atoms with E-state index >= 15 is 0 Å². The standard InChI is InChI=1S/C23H37NO4Si/c1-22(2,3)28-21(26)24-19(13-14-23(4,5)29(6,7)27)18(16-20(24)25)15-17-11-9-8-10-12-17/h8-12,18-19,27H,13-16H2,1-7H3/t18-,19+/m0/s1. The molecule has 1 aliphatic heterocycles. The van der Waals surface area contributed by atoms with Crippen molar-refractivity contribution in [3.63, 3.8) is 0 Å². The molecule has 1 saturated heterocycles. The molecule has 5 nitrogen and oxygen atoms in total. The fourth-order valence-corrected chi connectivity index (χ4v) is 4.46. The molecule has 29 heavy (non-hydrogen) atoms. The van der Waals surface area contributed by atoms with Crippen LogP contribution in [-0.4, -0.2) is 41.7 Å². The summed E-state index contributed by atoms with van der Waals surface area (Å²) in [5, 5.41) is -0.213. The Balaban J connectivity index is 2.26. The van der Waals surface area contributed by atoms with E-state index in [1.807, 2.05) is 52.1 Å². The van der Waals surface area contributed by atoms with E-state index in [9.17, 15) is 14.4 Å². The van der Waals surface area contributed by atoms with Crippen molar-refractivity contribution < 1.29 is 19.1 Å². The van der Waals surface area contributed by atoms with Crippen LogP contribution in [0.1, 0.15) is 59.4 Å². The lowest BCUT2D eigenvalue weighted by Crippen LogP contribution is -2.45. The monoisotopic (exact) mass is 419 g/mol. The van der Waals surface area contributed by atoms with E-state index < -0.39 is 20.0 Å². The van der Waals surface area contributed by atoms with Gasteiger partial charge in [0.1, 0.15) is 5.60 Å². The van der Waals surface area contributed by atoms with Gasteiger partial charge in [0.05, 0.1) is 0 Å². The van der Waals surface area contributed by atoms with Crippen LogP contribution in [0.2, 0.25) is 18.1 Å². The zero-order chi connectivity index (χ0) is 22.0. The summed E-state index contributed by atoms with van der Waals surface area (Å²) < 4.78 is 5.55. The maximum atomic E-state index is 12.8. The van der Waals surface area contributed by atoms with Crippen molar-refractivity contribution in [2.45, 2.75) is 90.1 Å². The Morgan fingerprint density at radius 3 is 2.28 bits per heavy atom. The van der Waals surface area contributed by atoms with Crippen LogP contribution in [0.4, 0.5) is 4.79 Å². The first-order valence-corrected chi connectivity index (χ1v) is 13.5. The van der Waals surface area contributed by atoms with E-state index in [0.29, 0.717) is 12.8 Å². The molecular formula is C23H37NO4Si. The maximum absolute atomic E-state index is 12.8. The highest BCUT2D eigenvalue weighted by molar-refractivity contribution is 6.72. The van der Waals surface area contributed by atoms with Crippen LogP contribution in [0, 0.1) is 5.92 Å². The maximum Gasteiger partial charge on any atom is 0.417 e. The lowest BCUT2D eigenvalue weighted by Gasteiger charge is -2.37. The Kier molecular flexibility index (Phi) is 7.00. The highest BCUT2D eigenvalue weighted by Gasteiger charge is 2.46. The summed E-state index contributed by atoms with van der Waals surface area (Å²) in [6.45, 7) is 13.5. The van der Waals surface area contributed by atoms with Crippen molar-refractivity contribution in [1.29, 1.82) is 0 Å². The normalized spacial score (nSPS) is 20.8. The van der Waals surface area contributed by atoms with Gasteiger partial charge in [-0.3, -0.25) is 4.79 Å². The molecule has 1 aromatic carbocycles. The first kappa shape index (κ1) is 23.6. The first-order chi connectivity index (χ1) is 13.2. The van der Waals surface area contributed by atoms with Crippen molar-refractivity contribution in [2.75, 3.05) is 0 Å². The van der Waals surface area contributed by atoms with Crippen LogP contribution in [0.5, 0.6) is 0 Å². The van der Waals surface area contributed by atoms with E-state index in [4.69, 9.17) is 4.74 Å². The quantitative estimate of drug-likeness (QED) is 0.648. The second-order valence-electron chi connectivity index (χ2n) is 10.4. The van der Waals surface area contributed by atoms with Gasteiger partial charge < -0.3 is 9.53 Å². The van der Waals surface area contributed by atoms with Crippen LogP contribution in [-0.2, 0) is 16.0 Å². The summed E-state index contributed by atoms with van der Waals surface area (Å²) >= 11 is 0. The third-order valence-corrected chi connectivity index (χ3v) is 9.80. The number of carbonyl (C=O) groups is 2. The molecule has 1 fully saturated rings. The van der Waals surface area contributed by atoms with Crippen molar-refractivity contribution in [1.82, 2.24) is 4.90 Å². The lowest BCUT2D eigenvalue weighted by atomic mass is 9.88. The Morgan fingerprint density at radius 2 is 1.76 bits per heavy atom.